The summed E-state index contributed by atoms with van der Waals surface area (Å²) in [5, 5.41) is 6.69. The van der Waals surface area contributed by atoms with E-state index in [1.165, 1.54) is 12.1 Å². The zero-order chi connectivity index (χ0) is 18.5. The van der Waals surface area contributed by atoms with Crippen LogP contribution in [0.1, 0.15) is 34.8 Å². The molecular weight excluding hydrogens is 337 g/mol. The van der Waals surface area contributed by atoms with Crippen LogP contribution in [0.25, 0.3) is 11.4 Å². The van der Waals surface area contributed by atoms with Crippen LogP contribution in [0.5, 0.6) is 0 Å². The van der Waals surface area contributed by atoms with E-state index in [9.17, 15) is 9.18 Å². The van der Waals surface area contributed by atoms with Crippen molar-refractivity contribution in [3.8, 4) is 11.4 Å². The molecule has 0 spiro atoms. The Morgan fingerprint density at radius 3 is 2.54 bits per heavy atom. The maximum atomic E-state index is 13.0. The highest BCUT2D eigenvalue weighted by molar-refractivity contribution is 5.94. The average molecular weight is 355 g/mol. The fourth-order valence-corrected chi connectivity index (χ4v) is 2.39. The topological polar surface area (TPSA) is 77.2 Å². The highest BCUT2D eigenvalue weighted by atomic mass is 19.1. The third kappa shape index (κ3) is 4.12. The Bertz CT molecular complexity index is 876. The normalized spacial score (nSPS) is 12.0. The molecule has 0 saturated carbocycles. The minimum absolute atomic E-state index is 0.247. The lowest BCUT2D eigenvalue weighted by atomic mass is 10.1. The minimum Gasteiger partial charge on any atom is -0.380 e. The first-order chi connectivity index (χ1) is 12.6. The predicted molar refractivity (Wildman–Crippen MR) is 92.7 cm³/mol. The first-order valence-electron chi connectivity index (χ1n) is 8.05. The quantitative estimate of drug-likeness (QED) is 0.732. The van der Waals surface area contributed by atoms with Crippen LogP contribution in [0.3, 0.4) is 0 Å². The second-order valence-corrected chi connectivity index (χ2v) is 5.79. The predicted octanol–water partition coefficient (Wildman–Crippen LogP) is 3.51. The number of amides is 1. The van der Waals surface area contributed by atoms with E-state index in [0.29, 0.717) is 23.6 Å². The monoisotopic (exact) mass is 355 g/mol. The van der Waals surface area contributed by atoms with Crippen LogP contribution in [0.15, 0.2) is 53.1 Å². The number of rotatable bonds is 6. The van der Waals surface area contributed by atoms with E-state index in [1.54, 1.807) is 38.3 Å². The molecule has 3 rings (SSSR count). The minimum atomic E-state index is -0.470. The summed E-state index contributed by atoms with van der Waals surface area (Å²) in [6.07, 6.45) is 0. The van der Waals surface area contributed by atoms with Crippen LogP contribution < -0.4 is 5.32 Å². The van der Waals surface area contributed by atoms with Crippen LogP contribution >= 0.6 is 0 Å². The highest BCUT2D eigenvalue weighted by Crippen LogP contribution is 2.19. The molecule has 6 nitrogen and oxygen atoms in total. The number of aromatic nitrogens is 2. The molecule has 1 heterocycles. The maximum Gasteiger partial charge on any atom is 0.251 e. The summed E-state index contributed by atoms with van der Waals surface area (Å²) in [5.41, 5.74) is 2.14. The lowest BCUT2D eigenvalue weighted by Crippen LogP contribution is -2.26. The molecule has 26 heavy (non-hydrogen) atoms. The van der Waals surface area contributed by atoms with Gasteiger partial charge in [-0.2, -0.15) is 4.98 Å². The summed E-state index contributed by atoms with van der Waals surface area (Å²) >= 11 is 0. The zero-order valence-electron chi connectivity index (χ0n) is 14.4. The van der Waals surface area contributed by atoms with Gasteiger partial charge in [0, 0.05) is 18.2 Å². The molecule has 0 saturated heterocycles. The van der Waals surface area contributed by atoms with Crippen LogP contribution in [0.4, 0.5) is 4.39 Å². The molecule has 3 aromatic rings. The first kappa shape index (κ1) is 17.8. The van der Waals surface area contributed by atoms with E-state index < -0.39 is 6.04 Å². The molecule has 0 bridgehead atoms. The second-order valence-electron chi connectivity index (χ2n) is 5.79. The van der Waals surface area contributed by atoms with E-state index >= 15 is 0 Å². The number of nitrogens with one attached hydrogen (secondary N) is 1. The van der Waals surface area contributed by atoms with E-state index in [4.69, 9.17) is 9.26 Å². The summed E-state index contributed by atoms with van der Waals surface area (Å²) in [6.45, 7) is 2.24. The fourth-order valence-electron chi connectivity index (χ4n) is 2.39. The van der Waals surface area contributed by atoms with Crippen molar-refractivity contribution in [3.05, 3.63) is 71.4 Å². The summed E-state index contributed by atoms with van der Waals surface area (Å²) in [5.74, 6) is 0.0244. The third-order valence-corrected chi connectivity index (χ3v) is 3.79. The molecule has 0 fully saturated rings. The SMILES string of the molecule is COCc1ccc(C(=O)NC(C)c2nc(-c3ccc(F)cc3)no2)cc1. The number of benzene rings is 2. The molecule has 1 aromatic heterocycles. The van der Waals surface area contributed by atoms with E-state index in [2.05, 4.69) is 15.5 Å². The number of ether oxygens (including phenoxy) is 1. The maximum absolute atomic E-state index is 13.0. The lowest BCUT2D eigenvalue weighted by molar-refractivity contribution is 0.0932. The Labute approximate surface area is 150 Å². The van der Waals surface area contributed by atoms with Gasteiger partial charge in [0.25, 0.3) is 5.91 Å². The Morgan fingerprint density at radius 2 is 1.88 bits per heavy atom. The number of nitrogens with zero attached hydrogens (tertiary/aromatic N) is 2. The van der Waals surface area contributed by atoms with Gasteiger partial charge in [0.1, 0.15) is 11.9 Å². The Balaban J connectivity index is 1.67. The molecule has 0 aliphatic rings. The fraction of sp³-hybridized carbons (Fsp3) is 0.211. The van der Waals surface area contributed by atoms with Crippen molar-refractivity contribution in [1.29, 1.82) is 0 Å². The average Bonchev–Trinajstić information content (AvgIpc) is 3.13. The zero-order valence-corrected chi connectivity index (χ0v) is 14.4. The number of halogens is 1. The van der Waals surface area contributed by atoms with Crippen molar-refractivity contribution >= 4 is 5.91 Å². The van der Waals surface area contributed by atoms with Crippen molar-refractivity contribution in [2.45, 2.75) is 19.6 Å². The summed E-state index contributed by atoms with van der Waals surface area (Å²) in [6, 6.07) is 12.4. The van der Waals surface area contributed by atoms with E-state index in [-0.39, 0.29) is 17.6 Å². The number of hydrogen-bond donors (Lipinski definition) is 1. The summed E-state index contributed by atoms with van der Waals surface area (Å²) < 4.78 is 23.2. The van der Waals surface area contributed by atoms with Gasteiger partial charge >= 0.3 is 0 Å². The van der Waals surface area contributed by atoms with Crippen molar-refractivity contribution in [2.75, 3.05) is 7.11 Å². The highest BCUT2D eigenvalue weighted by Gasteiger charge is 2.18. The van der Waals surface area contributed by atoms with Crippen LogP contribution in [0, 0.1) is 5.82 Å². The number of carbonyl (C=O) groups is 1. The van der Waals surface area contributed by atoms with Crippen molar-refractivity contribution in [2.24, 2.45) is 0 Å². The van der Waals surface area contributed by atoms with Gasteiger partial charge in [0.15, 0.2) is 0 Å². The van der Waals surface area contributed by atoms with Gasteiger partial charge < -0.3 is 14.6 Å². The van der Waals surface area contributed by atoms with Crippen LogP contribution in [-0.2, 0) is 11.3 Å². The van der Waals surface area contributed by atoms with Gasteiger partial charge in [-0.25, -0.2) is 4.39 Å². The molecule has 2 aromatic carbocycles. The largest absolute Gasteiger partial charge is 0.380 e. The van der Waals surface area contributed by atoms with Gasteiger partial charge in [-0.3, -0.25) is 4.79 Å². The molecule has 7 heteroatoms. The number of methoxy groups -OCH3 is 1. The number of carbonyl (C=O) groups excluding carboxylic acids is 1. The smallest absolute Gasteiger partial charge is 0.251 e. The second kappa shape index (κ2) is 7.88. The van der Waals surface area contributed by atoms with Gasteiger partial charge in [0.05, 0.1) is 6.61 Å². The summed E-state index contributed by atoms with van der Waals surface area (Å²) in [7, 11) is 1.62. The van der Waals surface area contributed by atoms with Crippen LogP contribution in [0.2, 0.25) is 0 Å². The Hall–Kier alpha value is -3.06. The molecule has 134 valence electrons. The van der Waals surface area contributed by atoms with Gasteiger partial charge in [-0.1, -0.05) is 17.3 Å². The molecule has 1 unspecified atom stereocenters. The van der Waals surface area contributed by atoms with Gasteiger partial charge in [-0.15, -0.1) is 0 Å². The van der Waals surface area contributed by atoms with Crippen molar-refractivity contribution in [1.82, 2.24) is 15.5 Å². The van der Waals surface area contributed by atoms with Crippen molar-refractivity contribution in [3.63, 3.8) is 0 Å². The van der Waals surface area contributed by atoms with E-state index in [1.807, 2.05) is 12.1 Å². The molecule has 1 N–H and O–H groups in total. The lowest BCUT2D eigenvalue weighted by Gasteiger charge is -2.10. The van der Waals surface area contributed by atoms with Gasteiger partial charge in [0.2, 0.25) is 11.7 Å². The molecule has 1 amide bonds. The first-order valence-corrected chi connectivity index (χ1v) is 8.05. The van der Waals surface area contributed by atoms with Gasteiger partial charge in [-0.05, 0) is 48.9 Å². The molecule has 1 atom stereocenters. The molecule has 0 radical (unpaired) electrons. The van der Waals surface area contributed by atoms with Crippen molar-refractivity contribution < 1.29 is 18.4 Å². The van der Waals surface area contributed by atoms with E-state index in [0.717, 1.165) is 5.56 Å². The summed E-state index contributed by atoms with van der Waals surface area (Å²) in [4.78, 5) is 16.6. The Kier molecular flexibility index (Phi) is 5.38. The van der Waals surface area contributed by atoms with Crippen LogP contribution in [-0.4, -0.2) is 23.2 Å². The molecule has 0 aliphatic carbocycles. The molecular formula is C19H18FN3O3. The Morgan fingerprint density at radius 1 is 1.19 bits per heavy atom. The standard InChI is InChI=1S/C19H18FN3O3/c1-12(21-18(24)15-5-3-13(4-6-15)11-25-2)19-22-17(23-26-19)14-7-9-16(20)10-8-14/h3-10,12H,11H2,1-2H3,(H,21,24). The number of hydrogen-bond acceptors (Lipinski definition) is 5. The molecule has 0 aliphatic heterocycles. The third-order valence-electron chi connectivity index (χ3n) is 3.79.